The van der Waals surface area contributed by atoms with Gasteiger partial charge in [-0.05, 0) is 49.2 Å². The number of aryl methyl sites for hydroxylation is 2. The lowest BCUT2D eigenvalue weighted by molar-refractivity contribution is 0.102. The van der Waals surface area contributed by atoms with Crippen molar-refractivity contribution in [3.05, 3.63) is 59.2 Å². The quantitative estimate of drug-likeness (QED) is 0.910. The van der Waals surface area contributed by atoms with Gasteiger partial charge >= 0.3 is 0 Å². The van der Waals surface area contributed by atoms with E-state index in [0.717, 1.165) is 16.8 Å². The van der Waals surface area contributed by atoms with Crippen molar-refractivity contribution in [3.8, 4) is 5.75 Å². The molecule has 98 valence electrons. The van der Waals surface area contributed by atoms with Gasteiger partial charge in [0, 0.05) is 11.3 Å². The third-order valence-electron chi connectivity index (χ3n) is 2.97. The van der Waals surface area contributed by atoms with E-state index in [-0.39, 0.29) is 5.91 Å². The average Bonchev–Trinajstić information content (AvgIpc) is 2.43. The minimum atomic E-state index is -0.132. The summed E-state index contributed by atoms with van der Waals surface area (Å²) in [5.74, 6) is 0.543. The molecule has 0 fully saturated rings. The van der Waals surface area contributed by atoms with Crippen molar-refractivity contribution in [1.29, 1.82) is 0 Å². The number of methoxy groups -OCH3 is 1. The highest BCUT2D eigenvalue weighted by molar-refractivity contribution is 6.04. The number of benzene rings is 2. The molecule has 0 aliphatic carbocycles. The van der Waals surface area contributed by atoms with E-state index in [0.29, 0.717) is 11.3 Å². The van der Waals surface area contributed by atoms with Gasteiger partial charge in [0.25, 0.3) is 5.91 Å². The molecule has 0 aliphatic rings. The van der Waals surface area contributed by atoms with Crippen LogP contribution in [0.3, 0.4) is 0 Å². The number of nitrogens with one attached hydrogen (secondary N) is 1. The highest BCUT2D eigenvalue weighted by Gasteiger charge is 2.08. The maximum absolute atomic E-state index is 12.2. The highest BCUT2D eigenvalue weighted by Crippen LogP contribution is 2.19. The summed E-state index contributed by atoms with van der Waals surface area (Å²) in [6.45, 7) is 3.97. The maximum atomic E-state index is 12.2. The van der Waals surface area contributed by atoms with Crippen molar-refractivity contribution in [3.63, 3.8) is 0 Å². The molecule has 19 heavy (non-hydrogen) atoms. The first-order valence-electron chi connectivity index (χ1n) is 6.13. The Morgan fingerprint density at radius 2 is 1.89 bits per heavy atom. The van der Waals surface area contributed by atoms with Crippen LogP contribution in [0.25, 0.3) is 0 Å². The average molecular weight is 255 g/mol. The molecule has 3 heteroatoms. The van der Waals surface area contributed by atoms with E-state index in [4.69, 9.17) is 4.74 Å². The topological polar surface area (TPSA) is 38.3 Å². The summed E-state index contributed by atoms with van der Waals surface area (Å²) in [7, 11) is 1.59. The first-order chi connectivity index (χ1) is 9.10. The highest BCUT2D eigenvalue weighted by atomic mass is 16.5. The number of carbonyl (C=O) groups is 1. The predicted molar refractivity (Wildman–Crippen MR) is 76.9 cm³/mol. The van der Waals surface area contributed by atoms with Gasteiger partial charge in [-0.1, -0.05) is 18.2 Å². The second-order valence-corrected chi connectivity index (χ2v) is 4.50. The van der Waals surface area contributed by atoms with Crippen molar-refractivity contribution in [2.75, 3.05) is 12.4 Å². The fourth-order valence-electron chi connectivity index (χ4n) is 1.83. The summed E-state index contributed by atoms with van der Waals surface area (Å²) in [4.78, 5) is 12.2. The second kappa shape index (κ2) is 5.57. The lowest BCUT2D eigenvalue weighted by Crippen LogP contribution is -2.12. The minimum absolute atomic E-state index is 0.132. The molecule has 0 heterocycles. The monoisotopic (exact) mass is 255 g/mol. The largest absolute Gasteiger partial charge is 0.497 e. The molecule has 2 aromatic carbocycles. The summed E-state index contributed by atoms with van der Waals surface area (Å²) < 4.78 is 5.12. The lowest BCUT2D eigenvalue weighted by Gasteiger charge is -2.10. The van der Waals surface area contributed by atoms with Crippen LogP contribution in [-0.4, -0.2) is 13.0 Å². The summed E-state index contributed by atoms with van der Waals surface area (Å²) in [6.07, 6.45) is 0. The second-order valence-electron chi connectivity index (χ2n) is 4.50. The van der Waals surface area contributed by atoms with Gasteiger partial charge in [0.15, 0.2) is 0 Å². The Labute approximate surface area is 113 Å². The summed E-state index contributed by atoms with van der Waals surface area (Å²) in [5, 5.41) is 2.92. The molecule has 2 aromatic rings. The van der Waals surface area contributed by atoms with Gasteiger partial charge in [0.2, 0.25) is 0 Å². The van der Waals surface area contributed by atoms with Crippen LogP contribution in [0.2, 0.25) is 0 Å². The van der Waals surface area contributed by atoms with Gasteiger partial charge < -0.3 is 10.1 Å². The van der Waals surface area contributed by atoms with Crippen LogP contribution in [0, 0.1) is 13.8 Å². The van der Waals surface area contributed by atoms with E-state index in [1.54, 1.807) is 25.3 Å². The Morgan fingerprint density at radius 3 is 2.63 bits per heavy atom. The molecule has 0 aliphatic heterocycles. The number of anilines is 1. The Bertz CT molecular complexity index is 605. The minimum Gasteiger partial charge on any atom is -0.497 e. The zero-order valence-corrected chi connectivity index (χ0v) is 11.4. The van der Waals surface area contributed by atoms with Crippen LogP contribution in [0.5, 0.6) is 5.75 Å². The standard InChI is InChI=1S/C16H17NO2/c1-11-7-8-12(2)15(9-11)17-16(18)13-5-4-6-14(10-13)19-3/h4-10H,1-3H3,(H,17,18). The number of hydrogen-bond donors (Lipinski definition) is 1. The maximum Gasteiger partial charge on any atom is 0.255 e. The van der Waals surface area contributed by atoms with Crippen LogP contribution in [-0.2, 0) is 0 Å². The van der Waals surface area contributed by atoms with E-state index >= 15 is 0 Å². The molecular formula is C16H17NO2. The van der Waals surface area contributed by atoms with E-state index in [1.165, 1.54) is 0 Å². The van der Waals surface area contributed by atoms with E-state index in [2.05, 4.69) is 5.32 Å². The molecule has 1 amide bonds. The lowest BCUT2D eigenvalue weighted by atomic mass is 10.1. The van der Waals surface area contributed by atoms with E-state index in [9.17, 15) is 4.79 Å². The van der Waals surface area contributed by atoms with Crippen LogP contribution < -0.4 is 10.1 Å². The third-order valence-corrected chi connectivity index (χ3v) is 2.97. The van der Waals surface area contributed by atoms with Crippen LogP contribution in [0.15, 0.2) is 42.5 Å². The smallest absolute Gasteiger partial charge is 0.255 e. The Morgan fingerprint density at radius 1 is 1.11 bits per heavy atom. The summed E-state index contributed by atoms with van der Waals surface area (Å²) >= 11 is 0. The van der Waals surface area contributed by atoms with Crippen molar-refractivity contribution in [2.45, 2.75) is 13.8 Å². The zero-order valence-electron chi connectivity index (χ0n) is 11.4. The fourth-order valence-corrected chi connectivity index (χ4v) is 1.83. The molecule has 3 nitrogen and oxygen atoms in total. The molecule has 0 spiro atoms. The number of rotatable bonds is 3. The molecule has 0 atom stereocenters. The summed E-state index contributed by atoms with van der Waals surface area (Å²) in [6, 6.07) is 13.1. The number of carbonyl (C=O) groups excluding carboxylic acids is 1. The van der Waals surface area contributed by atoms with Crippen molar-refractivity contribution in [2.24, 2.45) is 0 Å². The molecule has 2 rings (SSSR count). The number of ether oxygens (including phenoxy) is 1. The third kappa shape index (κ3) is 3.13. The molecule has 0 saturated carbocycles. The number of amides is 1. The Hall–Kier alpha value is -2.29. The first kappa shape index (κ1) is 13.1. The van der Waals surface area contributed by atoms with E-state index < -0.39 is 0 Å². The van der Waals surface area contributed by atoms with Crippen molar-refractivity contribution in [1.82, 2.24) is 0 Å². The molecule has 0 saturated heterocycles. The van der Waals surface area contributed by atoms with Gasteiger partial charge in [0.1, 0.15) is 5.75 Å². The Kier molecular flexibility index (Phi) is 3.85. The number of hydrogen-bond acceptors (Lipinski definition) is 2. The summed E-state index contributed by atoms with van der Waals surface area (Å²) in [5.41, 5.74) is 3.58. The van der Waals surface area contributed by atoms with Gasteiger partial charge in [-0.2, -0.15) is 0 Å². The SMILES string of the molecule is COc1cccc(C(=O)Nc2cc(C)ccc2C)c1. The van der Waals surface area contributed by atoms with Gasteiger partial charge in [-0.15, -0.1) is 0 Å². The normalized spacial score (nSPS) is 10.1. The first-order valence-corrected chi connectivity index (χ1v) is 6.13. The Balaban J connectivity index is 2.22. The van der Waals surface area contributed by atoms with Crippen LogP contribution >= 0.6 is 0 Å². The van der Waals surface area contributed by atoms with Gasteiger partial charge in [-0.3, -0.25) is 4.79 Å². The predicted octanol–water partition coefficient (Wildman–Crippen LogP) is 3.56. The molecule has 0 radical (unpaired) electrons. The molecule has 0 aromatic heterocycles. The van der Waals surface area contributed by atoms with E-state index in [1.807, 2.05) is 38.1 Å². The molecular weight excluding hydrogens is 238 g/mol. The van der Waals surface area contributed by atoms with Crippen LogP contribution in [0.1, 0.15) is 21.5 Å². The fraction of sp³-hybridized carbons (Fsp3) is 0.188. The van der Waals surface area contributed by atoms with Gasteiger partial charge in [0.05, 0.1) is 7.11 Å². The van der Waals surface area contributed by atoms with Crippen LogP contribution in [0.4, 0.5) is 5.69 Å². The van der Waals surface area contributed by atoms with Crippen molar-refractivity contribution >= 4 is 11.6 Å². The molecule has 0 unspecified atom stereocenters. The molecule has 1 N–H and O–H groups in total. The zero-order chi connectivity index (χ0) is 13.8. The molecule has 0 bridgehead atoms. The van der Waals surface area contributed by atoms with Gasteiger partial charge in [-0.25, -0.2) is 0 Å². The van der Waals surface area contributed by atoms with Crippen molar-refractivity contribution < 1.29 is 9.53 Å².